The Labute approximate surface area is 114 Å². The van der Waals surface area contributed by atoms with Crippen LogP contribution in [0.15, 0.2) is 0 Å². The van der Waals surface area contributed by atoms with E-state index in [4.69, 9.17) is 0 Å². The maximum absolute atomic E-state index is 12.0. The Kier molecular flexibility index (Phi) is 4.12. The molecule has 2 N–H and O–H groups in total. The third-order valence-corrected chi connectivity index (χ3v) is 4.04. The second-order valence-electron chi connectivity index (χ2n) is 5.53. The second-order valence-corrected chi connectivity index (χ2v) is 5.53. The summed E-state index contributed by atoms with van der Waals surface area (Å²) in [5.41, 5.74) is 3.20. The molecule has 1 atom stereocenters. The number of urea groups is 1. The van der Waals surface area contributed by atoms with Crippen LogP contribution in [0.4, 0.5) is 4.79 Å². The highest BCUT2D eigenvalue weighted by Crippen LogP contribution is 2.21. The second kappa shape index (κ2) is 5.63. The number of carbonyl (C=O) groups is 1. The summed E-state index contributed by atoms with van der Waals surface area (Å²) in [6.45, 7) is 6.02. The Morgan fingerprint density at radius 3 is 2.53 bits per heavy atom. The fourth-order valence-corrected chi connectivity index (χ4v) is 2.98. The monoisotopic (exact) mass is 264 g/mol. The Morgan fingerprint density at radius 2 is 2.00 bits per heavy atom. The zero-order valence-corrected chi connectivity index (χ0v) is 12.3. The predicted octanol–water partition coefficient (Wildman–Crippen LogP) is 2.34. The summed E-state index contributed by atoms with van der Waals surface area (Å²) in [5.74, 6) is 0. The van der Waals surface area contributed by atoms with Crippen LogP contribution in [0.25, 0.3) is 0 Å². The minimum absolute atomic E-state index is 0.0184. The van der Waals surface area contributed by atoms with Crippen LogP contribution >= 0.6 is 0 Å². The SMILES string of the molecule is Cc1nn(C)c(C)c1[C@H](C)NC(=O)NC1CCCC1. The number of aromatic nitrogens is 2. The van der Waals surface area contributed by atoms with Gasteiger partial charge < -0.3 is 10.6 Å². The molecule has 19 heavy (non-hydrogen) atoms. The summed E-state index contributed by atoms with van der Waals surface area (Å²) >= 11 is 0. The van der Waals surface area contributed by atoms with Crippen molar-refractivity contribution in [1.29, 1.82) is 0 Å². The summed E-state index contributed by atoms with van der Waals surface area (Å²) in [4.78, 5) is 12.0. The number of hydrogen-bond donors (Lipinski definition) is 2. The van der Waals surface area contributed by atoms with Crippen LogP contribution in [0, 0.1) is 13.8 Å². The van der Waals surface area contributed by atoms with Gasteiger partial charge in [0.1, 0.15) is 0 Å². The van der Waals surface area contributed by atoms with Crippen LogP contribution in [-0.2, 0) is 7.05 Å². The molecule has 5 heteroatoms. The molecule has 2 rings (SSSR count). The van der Waals surface area contributed by atoms with E-state index < -0.39 is 0 Å². The average molecular weight is 264 g/mol. The molecule has 1 saturated carbocycles. The molecular formula is C14H24N4O. The summed E-state index contributed by atoms with van der Waals surface area (Å²) in [5, 5.41) is 10.4. The Balaban J connectivity index is 1.96. The summed E-state index contributed by atoms with van der Waals surface area (Å²) in [7, 11) is 1.93. The van der Waals surface area contributed by atoms with Crippen molar-refractivity contribution in [2.75, 3.05) is 0 Å². The number of aryl methyl sites for hydroxylation is 2. The Morgan fingerprint density at radius 1 is 1.37 bits per heavy atom. The lowest BCUT2D eigenvalue weighted by Crippen LogP contribution is -2.42. The van der Waals surface area contributed by atoms with Crippen molar-refractivity contribution in [3.63, 3.8) is 0 Å². The molecule has 0 aromatic carbocycles. The fraction of sp³-hybridized carbons (Fsp3) is 0.714. The van der Waals surface area contributed by atoms with Crippen molar-refractivity contribution in [1.82, 2.24) is 20.4 Å². The first-order valence-corrected chi connectivity index (χ1v) is 7.06. The standard InChI is InChI=1S/C14H24N4O/c1-9(13-10(2)17-18(4)11(13)3)15-14(19)16-12-7-5-6-8-12/h9,12H,5-8H2,1-4H3,(H2,15,16,19)/t9-/m0/s1. The van der Waals surface area contributed by atoms with Gasteiger partial charge in [-0.3, -0.25) is 4.68 Å². The van der Waals surface area contributed by atoms with Gasteiger partial charge in [0.2, 0.25) is 0 Å². The maximum atomic E-state index is 12.0. The molecule has 1 aromatic rings. The van der Waals surface area contributed by atoms with E-state index in [0.29, 0.717) is 6.04 Å². The normalized spacial score (nSPS) is 17.5. The lowest BCUT2D eigenvalue weighted by atomic mass is 10.1. The van der Waals surface area contributed by atoms with Crippen LogP contribution in [0.2, 0.25) is 0 Å². The molecule has 0 radical (unpaired) electrons. The highest BCUT2D eigenvalue weighted by Gasteiger charge is 2.21. The predicted molar refractivity (Wildman–Crippen MR) is 75.0 cm³/mol. The average Bonchev–Trinajstić information content (AvgIpc) is 2.88. The number of carbonyl (C=O) groups excluding carboxylic acids is 1. The van der Waals surface area contributed by atoms with Gasteiger partial charge in [-0.1, -0.05) is 12.8 Å². The molecule has 0 saturated heterocycles. The molecule has 0 aliphatic heterocycles. The van der Waals surface area contributed by atoms with E-state index >= 15 is 0 Å². The van der Waals surface area contributed by atoms with Crippen LogP contribution in [0.3, 0.4) is 0 Å². The van der Waals surface area contributed by atoms with Gasteiger partial charge in [-0.15, -0.1) is 0 Å². The Bertz CT molecular complexity index is 460. The molecule has 0 spiro atoms. The molecule has 1 aliphatic carbocycles. The van der Waals surface area contributed by atoms with Crippen molar-refractivity contribution in [3.05, 3.63) is 17.0 Å². The van der Waals surface area contributed by atoms with E-state index in [9.17, 15) is 4.79 Å². The molecule has 1 heterocycles. The van der Waals surface area contributed by atoms with Gasteiger partial charge in [0, 0.05) is 24.3 Å². The van der Waals surface area contributed by atoms with E-state index in [2.05, 4.69) is 15.7 Å². The molecule has 1 aromatic heterocycles. The molecular weight excluding hydrogens is 240 g/mol. The molecule has 5 nitrogen and oxygen atoms in total. The smallest absolute Gasteiger partial charge is 0.315 e. The zero-order valence-electron chi connectivity index (χ0n) is 12.3. The van der Waals surface area contributed by atoms with Gasteiger partial charge in [-0.05, 0) is 33.6 Å². The number of nitrogens with one attached hydrogen (secondary N) is 2. The third kappa shape index (κ3) is 3.08. The van der Waals surface area contributed by atoms with Gasteiger partial charge in [-0.2, -0.15) is 5.10 Å². The fourth-order valence-electron chi connectivity index (χ4n) is 2.98. The van der Waals surface area contributed by atoms with Crippen LogP contribution in [0.1, 0.15) is 55.6 Å². The molecule has 1 fully saturated rings. The highest BCUT2D eigenvalue weighted by atomic mass is 16.2. The number of nitrogens with zero attached hydrogens (tertiary/aromatic N) is 2. The highest BCUT2D eigenvalue weighted by molar-refractivity contribution is 5.74. The zero-order chi connectivity index (χ0) is 14.0. The van der Waals surface area contributed by atoms with Crippen LogP contribution in [-0.4, -0.2) is 21.9 Å². The summed E-state index contributed by atoms with van der Waals surface area (Å²) in [6.07, 6.45) is 4.65. The van der Waals surface area contributed by atoms with E-state index in [0.717, 1.165) is 29.8 Å². The summed E-state index contributed by atoms with van der Waals surface area (Å²) < 4.78 is 1.86. The van der Waals surface area contributed by atoms with E-state index in [1.54, 1.807) is 0 Å². The quantitative estimate of drug-likeness (QED) is 0.880. The first-order chi connectivity index (χ1) is 8.99. The van der Waals surface area contributed by atoms with Gasteiger partial charge in [0.15, 0.2) is 0 Å². The Hall–Kier alpha value is -1.52. The van der Waals surface area contributed by atoms with E-state index in [1.807, 2.05) is 32.5 Å². The number of rotatable bonds is 3. The minimum atomic E-state index is -0.0675. The molecule has 2 amide bonds. The molecule has 106 valence electrons. The molecule has 0 bridgehead atoms. The lowest BCUT2D eigenvalue weighted by molar-refractivity contribution is 0.234. The van der Waals surface area contributed by atoms with Crippen LogP contribution in [0.5, 0.6) is 0 Å². The van der Waals surface area contributed by atoms with E-state index in [-0.39, 0.29) is 12.1 Å². The third-order valence-electron chi connectivity index (χ3n) is 4.04. The maximum Gasteiger partial charge on any atom is 0.315 e. The van der Waals surface area contributed by atoms with Crippen LogP contribution < -0.4 is 10.6 Å². The minimum Gasteiger partial charge on any atom is -0.335 e. The van der Waals surface area contributed by atoms with Gasteiger partial charge >= 0.3 is 6.03 Å². The van der Waals surface area contributed by atoms with Gasteiger partial charge in [-0.25, -0.2) is 4.79 Å². The van der Waals surface area contributed by atoms with Crippen molar-refractivity contribution in [2.24, 2.45) is 7.05 Å². The largest absolute Gasteiger partial charge is 0.335 e. The van der Waals surface area contributed by atoms with E-state index in [1.165, 1.54) is 12.8 Å². The summed E-state index contributed by atoms with van der Waals surface area (Å²) in [6, 6.07) is 0.264. The van der Waals surface area contributed by atoms with Crippen molar-refractivity contribution < 1.29 is 4.79 Å². The lowest BCUT2D eigenvalue weighted by Gasteiger charge is -2.18. The molecule has 0 unspecified atom stereocenters. The first-order valence-electron chi connectivity index (χ1n) is 7.06. The number of amides is 2. The topological polar surface area (TPSA) is 59.0 Å². The van der Waals surface area contributed by atoms with Crippen molar-refractivity contribution in [2.45, 2.75) is 58.5 Å². The first kappa shape index (κ1) is 13.9. The van der Waals surface area contributed by atoms with Crippen molar-refractivity contribution in [3.8, 4) is 0 Å². The number of hydrogen-bond acceptors (Lipinski definition) is 2. The van der Waals surface area contributed by atoms with Gasteiger partial charge in [0.05, 0.1) is 11.7 Å². The molecule has 1 aliphatic rings. The van der Waals surface area contributed by atoms with Crippen molar-refractivity contribution >= 4 is 6.03 Å². The van der Waals surface area contributed by atoms with Gasteiger partial charge in [0.25, 0.3) is 0 Å².